The van der Waals surface area contributed by atoms with Crippen molar-refractivity contribution in [3.05, 3.63) is 57.5 Å². The molecule has 180 valence electrons. The summed E-state index contributed by atoms with van der Waals surface area (Å²) in [5.41, 5.74) is 4.62. The van der Waals surface area contributed by atoms with Crippen molar-refractivity contribution in [2.75, 3.05) is 35.8 Å². The van der Waals surface area contributed by atoms with Crippen molar-refractivity contribution in [3.8, 4) is 5.75 Å². The minimum Gasteiger partial charge on any atom is -0.493 e. The highest BCUT2D eigenvalue weighted by Crippen LogP contribution is 2.28. The lowest BCUT2D eigenvalue weighted by molar-refractivity contribution is 0.408. The maximum Gasteiger partial charge on any atom is 0.396 e. The number of rotatable bonds is 7. The number of benzene rings is 2. The van der Waals surface area contributed by atoms with Crippen molar-refractivity contribution in [1.82, 2.24) is 15.0 Å². The SMILES string of the molecule is COc1cc(/C=N/Nc2nc(Nc3ccc(F)cc3)nc(N3CCCCC3)n2)cc2sc(=O)oc12. The Hall–Kier alpha value is -4.06. The molecule has 3 heterocycles. The summed E-state index contributed by atoms with van der Waals surface area (Å²) in [6, 6.07) is 9.45. The first kappa shape index (κ1) is 22.7. The Morgan fingerprint density at radius 3 is 2.66 bits per heavy atom. The zero-order valence-corrected chi connectivity index (χ0v) is 19.6. The molecular weight excluding hydrogens is 473 g/mol. The van der Waals surface area contributed by atoms with E-state index >= 15 is 0 Å². The maximum atomic E-state index is 13.3. The predicted octanol–water partition coefficient (Wildman–Crippen LogP) is 4.37. The van der Waals surface area contributed by atoms with Crippen LogP contribution in [0.1, 0.15) is 24.8 Å². The molecule has 10 nitrogen and oxygen atoms in total. The highest BCUT2D eigenvalue weighted by molar-refractivity contribution is 7.16. The minimum absolute atomic E-state index is 0.252. The summed E-state index contributed by atoms with van der Waals surface area (Å²) >= 11 is 0.993. The zero-order chi connectivity index (χ0) is 24.2. The number of fused-ring (bicyclic) bond motifs is 1. The quantitative estimate of drug-likeness (QED) is 0.285. The van der Waals surface area contributed by atoms with Gasteiger partial charge >= 0.3 is 4.94 Å². The van der Waals surface area contributed by atoms with Gasteiger partial charge in [0.1, 0.15) is 5.82 Å². The van der Waals surface area contributed by atoms with Crippen LogP contribution in [0.2, 0.25) is 0 Å². The second-order valence-corrected chi connectivity index (χ2v) is 8.81. The van der Waals surface area contributed by atoms with E-state index in [0.29, 0.717) is 39.2 Å². The Morgan fingerprint density at radius 2 is 1.89 bits per heavy atom. The van der Waals surface area contributed by atoms with Crippen molar-refractivity contribution in [2.45, 2.75) is 19.3 Å². The van der Waals surface area contributed by atoms with E-state index in [1.807, 2.05) is 0 Å². The number of anilines is 4. The normalized spacial score (nSPS) is 13.9. The molecule has 2 N–H and O–H groups in total. The van der Waals surface area contributed by atoms with Crippen molar-refractivity contribution in [1.29, 1.82) is 0 Å². The van der Waals surface area contributed by atoms with Gasteiger partial charge in [-0.05, 0) is 61.2 Å². The number of ether oxygens (including phenoxy) is 1. The number of hydrazone groups is 1. The van der Waals surface area contributed by atoms with Gasteiger partial charge in [-0.1, -0.05) is 11.3 Å². The molecule has 0 saturated carbocycles. The number of halogens is 1. The Kier molecular flexibility index (Phi) is 6.53. The van der Waals surface area contributed by atoms with Gasteiger partial charge in [-0.25, -0.2) is 14.6 Å². The number of aromatic nitrogens is 3. The molecule has 5 rings (SSSR count). The average molecular weight is 496 g/mol. The third-order valence-electron chi connectivity index (χ3n) is 5.38. The van der Waals surface area contributed by atoms with E-state index in [9.17, 15) is 9.18 Å². The van der Waals surface area contributed by atoms with E-state index in [4.69, 9.17) is 9.15 Å². The third kappa shape index (κ3) is 5.38. The molecule has 2 aromatic heterocycles. The van der Waals surface area contributed by atoms with E-state index in [1.54, 1.807) is 30.5 Å². The smallest absolute Gasteiger partial charge is 0.396 e. The minimum atomic E-state index is -0.401. The van der Waals surface area contributed by atoms with Gasteiger partial charge in [0.15, 0.2) is 11.3 Å². The predicted molar refractivity (Wildman–Crippen MR) is 134 cm³/mol. The molecule has 1 fully saturated rings. The van der Waals surface area contributed by atoms with Crippen LogP contribution in [-0.4, -0.2) is 41.4 Å². The van der Waals surface area contributed by atoms with Crippen LogP contribution in [0.3, 0.4) is 0 Å². The summed E-state index contributed by atoms with van der Waals surface area (Å²) in [6.07, 6.45) is 4.88. The summed E-state index contributed by atoms with van der Waals surface area (Å²) in [5.74, 6) is 1.22. The van der Waals surface area contributed by atoms with Gasteiger partial charge in [0.25, 0.3) is 0 Å². The molecule has 1 saturated heterocycles. The summed E-state index contributed by atoms with van der Waals surface area (Å²) in [4.78, 5) is 26.8. The van der Waals surface area contributed by atoms with Gasteiger partial charge in [0.05, 0.1) is 18.0 Å². The number of nitrogens with one attached hydrogen (secondary N) is 2. The Balaban J connectivity index is 1.40. The summed E-state index contributed by atoms with van der Waals surface area (Å²) in [7, 11) is 1.51. The van der Waals surface area contributed by atoms with Crippen LogP contribution in [0.4, 0.5) is 27.9 Å². The van der Waals surface area contributed by atoms with Gasteiger partial charge < -0.3 is 19.4 Å². The van der Waals surface area contributed by atoms with E-state index < -0.39 is 4.94 Å². The monoisotopic (exact) mass is 495 g/mol. The molecular formula is C23H22FN7O3S. The fourth-order valence-electron chi connectivity index (χ4n) is 3.73. The van der Waals surface area contributed by atoms with Crippen molar-refractivity contribution >= 4 is 51.4 Å². The molecule has 0 bridgehead atoms. The lowest BCUT2D eigenvalue weighted by atomic mass is 10.1. The molecule has 0 radical (unpaired) electrons. The van der Waals surface area contributed by atoms with Gasteiger partial charge in [-0.2, -0.15) is 20.1 Å². The molecule has 0 unspecified atom stereocenters. The largest absolute Gasteiger partial charge is 0.493 e. The number of piperidine rings is 1. The van der Waals surface area contributed by atoms with Gasteiger partial charge in [-0.15, -0.1) is 0 Å². The first-order valence-electron chi connectivity index (χ1n) is 11.0. The van der Waals surface area contributed by atoms with Crippen LogP contribution in [0.25, 0.3) is 10.3 Å². The molecule has 35 heavy (non-hydrogen) atoms. The second kappa shape index (κ2) is 10.1. The zero-order valence-electron chi connectivity index (χ0n) is 18.8. The highest BCUT2D eigenvalue weighted by atomic mass is 32.1. The van der Waals surface area contributed by atoms with Crippen LogP contribution in [0.5, 0.6) is 5.75 Å². The Bertz CT molecular complexity index is 1420. The fraction of sp³-hybridized carbons (Fsp3) is 0.261. The average Bonchev–Trinajstić information content (AvgIpc) is 3.25. The summed E-state index contributed by atoms with van der Waals surface area (Å²) in [6.45, 7) is 1.71. The van der Waals surface area contributed by atoms with Gasteiger partial charge in [-0.3, -0.25) is 0 Å². The van der Waals surface area contributed by atoms with E-state index in [0.717, 1.165) is 37.3 Å². The molecule has 0 aliphatic carbocycles. The standard InChI is InChI=1S/C23H22FN7O3S/c1-33-17-11-14(12-18-19(17)34-23(32)35-18)13-25-30-21-27-20(26-16-7-5-15(24)6-8-16)28-22(29-21)31-9-3-2-4-10-31/h5-8,11-13H,2-4,9-10H2,1H3,(H2,26,27,28,29,30)/b25-13+. The summed E-state index contributed by atoms with van der Waals surface area (Å²) < 4.78 is 24.4. The molecule has 0 spiro atoms. The van der Waals surface area contributed by atoms with Gasteiger partial charge in [0, 0.05) is 18.8 Å². The number of hydrogen-bond donors (Lipinski definition) is 2. The number of hydrogen-bond acceptors (Lipinski definition) is 11. The lowest BCUT2D eigenvalue weighted by Crippen LogP contribution is -2.31. The highest BCUT2D eigenvalue weighted by Gasteiger charge is 2.16. The van der Waals surface area contributed by atoms with E-state index in [-0.39, 0.29) is 11.8 Å². The lowest BCUT2D eigenvalue weighted by Gasteiger charge is -2.26. The first-order valence-corrected chi connectivity index (χ1v) is 11.8. The third-order valence-corrected chi connectivity index (χ3v) is 6.16. The van der Waals surface area contributed by atoms with Crippen molar-refractivity contribution in [3.63, 3.8) is 0 Å². The van der Waals surface area contributed by atoms with Crippen molar-refractivity contribution in [2.24, 2.45) is 5.10 Å². The van der Waals surface area contributed by atoms with Crippen LogP contribution in [-0.2, 0) is 0 Å². The first-order chi connectivity index (χ1) is 17.1. The maximum absolute atomic E-state index is 13.3. The number of methoxy groups -OCH3 is 1. The second-order valence-electron chi connectivity index (χ2n) is 7.84. The summed E-state index contributed by atoms with van der Waals surface area (Å²) in [5, 5.41) is 7.36. The van der Waals surface area contributed by atoms with Crippen LogP contribution in [0.15, 0.2) is 50.7 Å². The number of nitrogens with zero attached hydrogens (tertiary/aromatic N) is 5. The van der Waals surface area contributed by atoms with Crippen LogP contribution >= 0.6 is 11.3 Å². The molecule has 1 aliphatic rings. The molecule has 0 amide bonds. The van der Waals surface area contributed by atoms with Gasteiger partial charge in [0.2, 0.25) is 17.8 Å². The fourth-order valence-corrected chi connectivity index (χ4v) is 4.46. The molecule has 0 atom stereocenters. The van der Waals surface area contributed by atoms with Crippen LogP contribution < -0.4 is 25.3 Å². The molecule has 12 heteroatoms. The Labute approximate surface area is 203 Å². The molecule has 2 aromatic carbocycles. The molecule has 1 aliphatic heterocycles. The van der Waals surface area contributed by atoms with Crippen molar-refractivity contribution < 1.29 is 13.5 Å². The van der Waals surface area contributed by atoms with E-state index in [1.165, 1.54) is 25.7 Å². The topological polar surface area (TPSA) is 118 Å². The molecule has 4 aromatic rings. The Morgan fingerprint density at radius 1 is 1.11 bits per heavy atom. The van der Waals surface area contributed by atoms with E-state index in [2.05, 4.69) is 35.7 Å². The van der Waals surface area contributed by atoms with Crippen LogP contribution in [0, 0.1) is 5.82 Å².